The SMILES string of the molecule is CS(=O)(=O)OC1CCC2(CCN(C(=O)O)CC2)OC1. The predicted molar refractivity (Wildman–Crippen MR) is 66.5 cm³/mol. The number of likely N-dealkylation sites (tertiary alicyclic amines) is 1. The van der Waals surface area contributed by atoms with Crippen LogP contribution in [0.4, 0.5) is 4.79 Å². The summed E-state index contributed by atoms with van der Waals surface area (Å²) in [6.07, 6.45) is 2.36. The van der Waals surface area contributed by atoms with E-state index in [1.165, 1.54) is 4.90 Å². The fourth-order valence-corrected chi connectivity index (χ4v) is 3.32. The van der Waals surface area contributed by atoms with E-state index in [-0.39, 0.29) is 12.2 Å². The summed E-state index contributed by atoms with van der Waals surface area (Å²) in [5, 5.41) is 8.89. The maximum Gasteiger partial charge on any atom is 0.407 e. The second kappa shape index (κ2) is 5.26. The van der Waals surface area contributed by atoms with Crippen molar-refractivity contribution in [1.82, 2.24) is 4.90 Å². The van der Waals surface area contributed by atoms with E-state index in [2.05, 4.69) is 0 Å². The first-order valence-electron chi connectivity index (χ1n) is 6.30. The molecule has 110 valence electrons. The van der Waals surface area contributed by atoms with Crippen LogP contribution in [0.2, 0.25) is 0 Å². The molecule has 0 aromatic heterocycles. The van der Waals surface area contributed by atoms with Gasteiger partial charge < -0.3 is 14.7 Å². The third-order valence-corrected chi connectivity index (χ3v) is 4.38. The summed E-state index contributed by atoms with van der Waals surface area (Å²) in [6.45, 7) is 1.18. The fraction of sp³-hybridized carbons (Fsp3) is 0.909. The predicted octanol–water partition coefficient (Wildman–Crippen LogP) is 0.654. The number of piperidine rings is 1. The van der Waals surface area contributed by atoms with E-state index in [0.717, 1.165) is 6.26 Å². The van der Waals surface area contributed by atoms with Crippen LogP contribution in [0.15, 0.2) is 0 Å². The molecule has 1 N–H and O–H groups in total. The lowest BCUT2D eigenvalue weighted by Crippen LogP contribution is -2.51. The van der Waals surface area contributed by atoms with Crippen molar-refractivity contribution in [3.63, 3.8) is 0 Å². The molecule has 2 saturated heterocycles. The normalized spacial score (nSPS) is 27.4. The number of hydrogen-bond donors (Lipinski definition) is 1. The molecule has 2 aliphatic rings. The molecule has 1 unspecified atom stereocenters. The van der Waals surface area contributed by atoms with Crippen LogP contribution in [0.1, 0.15) is 25.7 Å². The van der Waals surface area contributed by atoms with E-state index in [1.54, 1.807) is 0 Å². The molecule has 1 amide bonds. The van der Waals surface area contributed by atoms with Crippen molar-refractivity contribution in [2.45, 2.75) is 37.4 Å². The minimum Gasteiger partial charge on any atom is -0.465 e. The Morgan fingerprint density at radius 3 is 2.42 bits per heavy atom. The van der Waals surface area contributed by atoms with Gasteiger partial charge in [-0.1, -0.05) is 0 Å². The van der Waals surface area contributed by atoms with Crippen molar-refractivity contribution < 1.29 is 27.2 Å². The van der Waals surface area contributed by atoms with Crippen molar-refractivity contribution in [3.05, 3.63) is 0 Å². The molecule has 0 saturated carbocycles. The summed E-state index contributed by atoms with van der Waals surface area (Å²) in [5.41, 5.74) is -0.302. The van der Waals surface area contributed by atoms with Crippen LogP contribution in [0.5, 0.6) is 0 Å². The smallest absolute Gasteiger partial charge is 0.407 e. The van der Waals surface area contributed by atoms with E-state index >= 15 is 0 Å². The first-order chi connectivity index (χ1) is 8.80. The average molecular weight is 293 g/mol. The highest BCUT2D eigenvalue weighted by Crippen LogP contribution is 2.35. The maximum atomic E-state index is 11.0. The summed E-state index contributed by atoms with van der Waals surface area (Å²) >= 11 is 0. The topological polar surface area (TPSA) is 93.1 Å². The molecule has 0 aromatic carbocycles. The highest BCUT2D eigenvalue weighted by molar-refractivity contribution is 7.86. The Kier molecular flexibility index (Phi) is 4.03. The van der Waals surface area contributed by atoms with Gasteiger partial charge in [-0.25, -0.2) is 4.79 Å². The van der Waals surface area contributed by atoms with Crippen LogP contribution in [-0.4, -0.2) is 62.2 Å². The summed E-state index contributed by atoms with van der Waals surface area (Å²) in [4.78, 5) is 12.2. The summed E-state index contributed by atoms with van der Waals surface area (Å²) in [6, 6.07) is 0. The third kappa shape index (κ3) is 3.80. The van der Waals surface area contributed by atoms with Gasteiger partial charge in [-0.15, -0.1) is 0 Å². The van der Waals surface area contributed by atoms with E-state index < -0.39 is 22.3 Å². The molecule has 0 aliphatic carbocycles. The molecule has 1 atom stereocenters. The van der Waals surface area contributed by atoms with Crippen molar-refractivity contribution >= 4 is 16.2 Å². The number of hydrogen-bond acceptors (Lipinski definition) is 5. The van der Waals surface area contributed by atoms with Gasteiger partial charge >= 0.3 is 6.09 Å². The number of ether oxygens (including phenoxy) is 1. The molecular weight excluding hydrogens is 274 g/mol. The maximum absolute atomic E-state index is 11.0. The fourth-order valence-electron chi connectivity index (χ4n) is 2.67. The van der Waals surface area contributed by atoms with Gasteiger partial charge in [-0.2, -0.15) is 8.42 Å². The highest BCUT2D eigenvalue weighted by atomic mass is 32.2. The minimum absolute atomic E-state index is 0.250. The Labute approximate surface area is 112 Å². The second-order valence-corrected chi connectivity index (χ2v) is 6.83. The molecule has 2 heterocycles. The molecular formula is C11H19NO6S. The van der Waals surface area contributed by atoms with Gasteiger partial charge in [0.2, 0.25) is 0 Å². The lowest BCUT2D eigenvalue weighted by Gasteiger charge is -2.44. The van der Waals surface area contributed by atoms with Crippen LogP contribution in [0.25, 0.3) is 0 Å². The molecule has 2 fully saturated rings. The number of carboxylic acid groups (broad SMARTS) is 1. The van der Waals surface area contributed by atoms with Crippen molar-refractivity contribution in [2.75, 3.05) is 26.0 Å². The molecule has 19 heavy (non-hydrogen) atoms. The van der Waals surface area contributed by atoms with E-state index in [1.807, 2.05) is 0 Å². The molecule has 8 heteroatoms. The van der Waals surface area contributed by atoms with Crippen LogP contribution >= 0.6 is 0 Å². The third-order valence-electron chi connectivity index (χ3n) is 3.75. The Balaban J connectivity index is 1.85. The molecule has 1 spiro atoms. The molecule has 0 bridgehead atoms. The average Bonchev–Trinajstić information content (AvgIpc) is 2.31. The van der Waals surface area contributed by atoms with Gasteiger partial charge in [-0.3, -0.25) is 4.18 Å². The minimum atomic E-state index is -3.45. The van der Waals surface area contributed by atoms with E-state index in [0.29, 0.717) is 38.8 Å². The van der Waals surface area contributed by atoms with E-state index in [9.17, 15) is 13.2 Å². The lowest BCUT2D eigenvalue weighted by atomic mass is 9.84. The van der Waals surface area contributed by atoms with Crippen molar-refractivity contribution in [2.24, 2.45) is 0 Å². The van der Waals surface area contributed by atoms with Gasteiger partial charge in [0, 0.05) is 13.1 Å². The number of nitrogens with zero attached hydrogens (tertiary/aromatic N) is 1. The van der Waals surface area contributed by atoms with Gasteiger partial charge in [0.1, 0.15) is 6.10 Å². The Bertz CT molecular complexity index is 430. The van der Waals surface area contributed by atoms with Gasteiger partial charge in [0.25, 0.3) is 10.1 Å². The molecule has 0 aromatic rings. The van der Waals surface area contributed by atoms with Gasteiger partial charge in [0.15, 0.2) is 0 Å². The zero-order valence-corrected chi connectivity index (χ0v) is 11.7. The standard InChI is InChI=1S/C11H19NO6S/c1-19(15,16)18-9-2-3-11(17-8-9)4-6-12(7-5-11)10(13)14/h9H,2-8H2,1H3,(H,13,14). The van der Waals surface area contributed by atoms with Crippen molar-refractivity contribution in [3.8, 4) is 0 Å². The zero-order valence-electron chi connectivity index (χ0n) is 10.9. The molecule has 2 rings (SSSR count). The monoisotopic (exact) mass is 293 g/mol. The number of amides is 1. The molecule has 7 nitrogen and oxygen atoms in total. The Hall–Kier alpha value is -0.860. The quantitative estimate of drug-likeness (QED) is 0.752. The summed E-state index contributed by atoms with van der Waals surface area (Å²) < 4.78 is 32.8. The van der Waals surface area contributed by atoms with Crippen LogP contribution < -0.4 is 0 Å². The molecule has 0 radical (unpaired) electrons. The largest absolute Gasteiger partial charge is 0.465 e. The van der Waals surface area contributed by atoms with Gasteiger partial charge in [-0.05, 0) is 25.7 Å². The first-order valence-corrected chi connectivity index (χ1v) is 8.11. The number of carbonyl (C=O) groups is 1. The van der Waals surface area contributed by atoms with Gasteiger partial charge in [0.05, 0.1) is 18.5 Å². The van der Waals surface area contributed by atoms with E-state index in [4.69, 9.17) is 14.0 Å². The Morgan fingerprint density at radius 2 is 2.00 bits per heavy atom. The Morgan fingerprint density at radius 1 is 1.37 bits per heavy atom. The van der Waals surface area contributed by atoms with Crippen LogP contribution in [-0.2, 0) is 19.0 Å². The molecule has 2 aliphatic heterocycles. The van der Waals surface area contributed by atoms with Crippen molar-refractivity contribution in [1.29, 1.82) is 0 Å². The highest BCUT2D eigenvalue weighted by Gasteiger charge is 2.41. The lowest BCUT2D eigenvalue weighted by molar-refractivity contribution is -0.138. The first kappa shape index (κ1) is 14.5. The zero-order chi connectivity index (χ0) is 14.1. The summed E-state index contributed by atoms with van der Waals surface area (Å²) in [7, 11) is -3.45. The van der Waals surface area contributed by atoms with Crippen LogP contribution in [0, 0.1) is 0 Å². The number of rotatable bonds is 2. The van der Waals surface area contributed by atoms with Crippen LogP contribution in [0.3, 0.4) is 0 Å². The second-order valence-electron chi connectivity index (χ2n) is 5.22. The summed E-state index contributed by atoms with van der Waals surface area (Å²) in [5.74, 6) is 0.